The van der Waals surface area contributed by atoms with Gasteiger partial charge in [-0.2, -0.15) is 0 Å². The lowest BCUT2D eigenvalue weighted by molar-refractivity contribution is 0.670. The number of hydrogen-bond acceptors (Lipinski definition) is 3. The van der Waals surface area contributed by atoms with Crippen LogP contribution in [0.25, 0.3) is 78.1 Å². The van der Waals surface area contributed by atoms with E-state index >= 15 is 0 Å². The van der Waals surface area contributed by atoms with Crippen LogP contribution < -0.4 is 0 Å². The van der Waals surface area contributed by atoms with Gasteiger partial charge in [0.2, 0.25) is 0 Å². The summed E-state index contributed by atoms with van der Waals surface area (Å²) in [5, 5.41) is 2.21. The van der Waals surface area contributed by atoms with Gasteiger partial charge < -0.3 is 4.42 Å². The van der Waals surface area contributed by atoms with Gasteiger partial charge in [0.05, 0.1) is 16.8 Å². The molecule has 0 atom stereocenters. The summed E-state index contributed by atoms with van der Waals surface area (Å²) in [6.45, 7) is 0. The van der Waals surface area contributed by atoms with Gasteiger partial charge in [-0.1, -0.05) is 194 Å². The van der Waals surface area contributed by atoms with Gasteiger partial charge in [0.25, 0.3) is 0 Å². The summed E-state index contributed by atoms with van der Waals surface area (Å²) in [5.74, 6) is 0.677. The largest absolute Gasteiger partial charge is 0.455 e. The zero-order chi connectivity index (χ0) is 37.1. The molecule has 2 aromatic heterocycles. The molecule has 0 N–H and O–H groups in total. The van der Waals surface area contributed by atoms with E-state index < -0.39 is 5.41 Å². The van der Waals surface area contributed by atoms with Crippen molar-refractivity contribution in [2.24, 2.45) is 0 Å². The molecular formula is C53H34N2O. The van der Waals surface area contributed by atoms with E-state index in [0.717, 1.165) is 61.1 Å². The lowest BCUT2D eigenvalue weighted by Crippen LogP contribution is -2.28. The first-order valence-electron chi connectivity index (χ1n) is 19.1. The fraction of sp³-hybridized carbons (Fsp3) is 0.0189. The Morgan fingerprint density at radius 2 is 0.893 bits per heavy atom. The Hall–Kier alpha value is -7.36. The van der Waals surface area contributed by atoms with Crippen molar-refractivity contribution < 1.29 is 4.42 Å². The molecule has 0 amide bonds. The third kappa shape index (κ3) is 4.84. The first kappa shape index (κ1) is 32.1. The molecule has 0 fully saturated rings. The second-order valence-electron chi connectivity index (χ2n) is 14.4. The van der Waals surface area contributed by atoms with E-state index in [2.05, 4.69) is 176 Å². The van der Waals surface area contributed by atoms with Crippen LogP contribution >= 0.6 is 0 Å². The highest BCUT2D eigenvalue weighted by molar-refractivity contribution is 6.10. The van der Waals surface area contributed by atoms with E-state index in [1.165, 1.54) is 33.4 Å². The van der Waals surface area contributed by atoms with Gasteiger partial charge in [-0.15, -0.1) is 0 Å². The number of fused-ring (bicyclic) bond motifs is 6. The number of furan rings is 1. The maximum Gasteiger partial charge on any atom is 0.160 e. The van der Waals surface area contributed by atoms with Crippen molar-refractivity contribution in [3.8, 4) is 56.2 Å². The Bertz CT molecular complexity index is 3040. The number of aromatic nitrogens is 2. The highest BCUT2D eigenvalue weighted by Crippen LogP contribution is 2.58. The summed E-state index contributed by atoms with van der Waals surface area (Å²) in [6.07, 6.45) is 0. The summed E-state index contributed by atoms with van der Waals surface area (Å²) >= 11 is 0. The lowest BCUT2D eigenvalue weighted by atomic mass is 9.67. The van der Waals surface area contributed by atoms with Gasteiger partial charge in [0.15, 0.2) is 5.82 Å². The predicted octanol–water partition coefficient (Wildman–Crippen LogP) is 13.4. The van der Waals surface area contributed by atoms with Crippen LogP contribution in [0.3, 0.4) is 0 Å². The normalized spacial score (nSPS) is 12.8. The van der Waals surface area contributed by atoms with Crippen molar-refractivity contribution >= 4 is 21.9 Å². The molecule has 1 aliphatic rings. The second-order valence-corrected chi connectivity index (χ2v) is 14.4. The molecule has 2 heterocycles. The Kier molecular flexibility index (Phi) is 7.39. The van der Waals surface area contributed by atoms with E-state index in [-0.39, 0.29) is 0 Å². The molecule has 8 aromatic carbocycles. The molecular weight excluding hydrogens is 681 g/mol. The molecule has 0 saturated heterocycles. The van der Waals surface area contributed by atoms with Crippen LogP contribution in [0.5, 0.6) is 0 Å². The Labute approximate surface area is 325 Å². The van der Waals surface area contributed by atoms with Gasteiger partial charge in [-0.3, -0.25) is 0 Å². The van der Waals surface area contributed by atoms with Gasteiger partial charge in [0.1, 0.15) is 11.2 Å². The van der Waals surface area contributed by atoms with E-state index in [9.17, 15) is 0 Å². The lowest BCUT2D eigenvalue weighted by Gasteiger charge is -2.33. The van der Waals surface area contributed by atoms with Crippen molar-refractivity contribution in [3.05, 3.63) is 229 Å². The fourth-order valence-electron chi connectivity index (χ4n) is 9.05. The second kappa shape index (κ2) is 12.9. The van der Waals surface area contributed by atoms with Gasteiger partial charge in [-0.25, -0.2) is 9.97 Å². The maximum absolute atomic E-state index is 6.56. The molecule has 0 saturated carbocycles. The molecule has 10 aromatic rings. The predicted molar refractivity (Wildman–Crippen MR) is 228 cm³/mol. The summed E-state index contributed by atoms with van der Waals surface area (Å²) < 4.78 is 6.56. The minimum absolute atomic E-state index is 0.513. The van der Waals surface area contributed by atoms with Crippen LogP contribution in [0.15, 0.2) is 211 Å². The molecule has 0 aliphatic heterocycles. The molecule has 262 valence electrons. The molecule has 1 aliphatic carbocycles. The molecule has 3 heteroatoms. The number of benzene rings is 8. The summed E-state index contributed by atoms with van der Waals surface area (Å²) in [5.41, 5.74) is 15.5. The summed E-state index contributed by atoms with van der Waals surface area (Å²) in [6, 6.07) is 73.1. The standard InChI is InChI=1S/C53H34N2O/c1-4-18-35(19-5-1)52-54-47(39-25-11-10-24-38(39)41-28-16-29-42-40-26-13-15-33-49(40)56-51(41)42)34-48(55-52)44-30-17-32-46-50(44)43-27-12-14-31-45(43)53(46,36-20-6-2-7-21-36)37-22-8-3-9-23-37/h1-34H. The number of rotatable bonds is 6. The van der Waals surface area contributed by atoms with Crippen LogP contribution in [0, 0.1) is 0 Å². The molecule has 0 unspecified atom stereocenters. The molecule has 0 spiro atoms. The third-order valence-electron chi connectivity index (χ3n) is 11.4. The van der Waals surface area contributed by atoms with Crippen molar-refractivity contribution in [3.63, 3.8) is 0 Å². The third-order valence-corrected chi connectivity index (χ3v) is 11.4. The zero-order valence-corrected chi connectivity index (χ0v) is 30.4. The minimum atomic E-state index is -0.513. The SMILES string of the molecule is c1ccc(-c2nc(-c3ccccc3-c3cccc4c3oc3ccccc34)cc(-c3cccc4c3-c3ccccc3C4(c3ccccc3)c3ccccc3)n2)cc1. The average molecular weight is 715 g/mol. The van der Waals surface area contributed by atoms with E-state index in [0.29, 0.717) is 5.82 Å². The van der Waals surface area contributed by atoms with Crippen molar-refractivity contribution in [2.45, 2.75) is 5.41 Å². The van der Waals surface area contributed by atoms with E-state index in [1.807, 2.05) is 30.3 Å². The van der Waals surface area contributed by atoms with Crippen LogP contribution in [0.2, 0.25) is 0 Å². The van der Waals surface area contributed by atoms with Gasteiger partial charge >= 0.3 is 0 Å². The van der Waals surface area contributed by atoms with Crippen molar-refractivity contribution in [1.82, 2.24) is 9.97 Å². The van der Waals surface area contributed by atoms with Crippen LogP contribution in [-0.4, -0.2) is 9.97 Å². The monoisotopic (exact) mass is 714 g/mol. The fourth-order valence-corrected chi connectivity index (χ4v) is 9.05. The van der Waals surface area contributed by atoms with Crippen molar-refractivity contribution in [2.75, 3.05) is 0 Å². The van der Waals surface area contributed by atoms with Crippen LogP contribution in [-0.2, 0) is 5.41 Å². The topological polar surface area (TPSA) is 38.9 Å². The first-order valence-corrected chi connectivity index (χ1v) is 19.1. The van der Waals surface area contributed by atoms with Crippen LogP contribution in [0.4, 0.5) is 0 Å². The van der Waals surface area contributed by atoms with Crippen LogP contribution in [0.1, 0.15) is 22.3 Å². The number of para-hydroxylation sites is 2. The molecule has 0 radical (unpaired) electrons. The summed E-state index contributed by atoms with van der Waals surface area (Å²) in [7, 11) is 0. The van der Waals surface area contributed by atoms with E-state index in [1.54, 1.807) is 0 Å². The van der Waals surface area contributed by atoms with Crippen molar-refractivity contribution in [1.29, 1.82) is 0 Å². The smallest absolute Gasteiger partial charge is 0.160 e. The Morgan fingerprint density at radius 3 is 1.64 bits per heavy atom. The molecule has 3 nitrogen and oxygen atoms in total. The molecule has 0 bridgehead atoms. The highest BCUT2D eigenvalue weighted by Gasteiger charge is 2.46. The Balaban J connectivity index is 1.18. The Morgan fingerprint density at radius 1 is 0.375 bits per heavy atom. The highest BCUT2D eigenvalue weighted by atomic mass is 16.3. The zero-order valence-electron chi connectivity index (χ0n) is 30.4. The maximum atomic E-state index is 6.56. The average Bonchev–Trinajstić information content (AvgIpc) is 3.81. The molecule has 11 rings (SSSR count). The van der Waals surface area contributed by atoms with Gasteiger partial charge in [-0.05, 0) is 51.1 Å². The number of nitrogens with zero attached hydrogens (tertiary/aromatic N) is 2. The first-order chi connectivity index (χ1) is 27.8. The quantitative estimate of drug-likeness (QED) is 0.172. The minimum Gasteiger partial charge on any atom is -0.455 e. The van der Waals surface area contributed by atoms with Gasteiger partial charge in [0, 0.05) is 33.0 Å². The number of hydrogen-bond donors (Lipinski definition) is 0. The van der Waals surface area contributed by atoms with E-state index in [4.69, 9.17) is 14.4 Å². The molecule has 56 heavy (non-hydrogen) atoms. The summed E-state index contributed by atoms with van der Waals surface area (Å²) in [4.78, 5) is 10.7.